The summed E-state index contributed by atoms with van der Waals surface area (Å²) in [5.41, 5.74) is 9.70. The lowest BCUT2D eigenvalue weighted by Gasteiger charge is -2.25. The van der Waals surface area contributed by atoms with Crippen LogP contribution in [0.2, 0.25) is 0 Å². The van der Waals surface area contributed by atoms with Crippen LogP contribution >= 0.6 is 0 Å². The first kappa shape index (κ1) is 30.8. The number of nitrogens with two attached hydrogens (primary N) is 1. The molecule has 4 N–H and O–H groups in total. The maximum atomic E-state index is 12.6. The predicted molar refractivity (Wildman–Crippen MR) is 151 cm³/mol. The molecule has 0 aliphatic carbocycles. The average molecular weight is 599 g/mol. The van der Waals surface area contributed by atoms with Gasteiger partial charge in [-0.25, -0.2) is 14.3 Å². The summed E-state index contributed by atoms with van der Waals surface area (Å²) in [5.74, 6) is -1.94. The number of likely N-dealkylation sites (N-methyl/N-ethyl adjacent to an activating group) is 1. The summed E-state index contributed by atoms with van der Waals surface area (Å²) >= 11 is 0. The fraction of sp³-hybridized carbons (Fsp3) is 0.241. The van der Waals surface area contributed by atoms with Gasteiger partial charge in [0.1, 0.15) is 17.1 Å². The minimum atomic E-state index is -5.08. The average Bonchev–Trinajstić information content (AvgIpc) is 3.49. The Hall–Kier alpha value is -5.11. The normalized spacial score (nSPS) is 13.1. The van der Waals surface area contributed by atoms with Gasteiger partial charge in [-0.1, -0.05) is 24.3 Å². The summed E-state index contributed by atoms with van der Waals surface area (Å²) in [6.45, 7) is 1.65. The number of primary amides is 1. The maximum absolute atomic E-state index is 12.6. The molecule has 2 aromatic carbocycles. The van der Waals surface area contributed by atoms with E-state index >= 15 is 0 Å². The number of halogens is 3. The van der Waals surface area contributed by atoms with E-state index in [1.165, 1.54) is 0 Å². The number of imidazole rings is 1. The molecule has 2 amide bonds. The van der Waals surface area contributed by atoms with Crippen LogP contribution in [0.4, 0.5) is 13.2 Å². The Balaban J connectivity index is 0.000000541. The first-order valence-corrected chi connectivity index (χ1v) is 13.0. The van der Waals surface area contributed by atoms with E-state index < -0.39 is 18.1 Å². The lowest BCUT2D eigenvalue weighted by atomic mass is 10.1. The van der Waals surface area contributed by atoms with E-state index in [2.05, 4.69) is 5.10 Å². The first-order chi connectivity index (χ1) is 20.3. The Kier molecular flexibility index (Phi) is 9.19. The summed E-state index contributed by atoms with van der Waals surface area (Å²) in [6, 6.07) is 17.0. The molecule has 0 saturated carbocycles. The van der Waals surface area contributed by atoms with Crippen molar-refractivity contribution in [3.05, 3.63) is 83.7 Å². The number of carboxylic acid groups (broad SMARTS) is 1. The van der Waals surface area contributed by atoms with Crippen molar-refractivity contribution >= 4 is 23.4 Å². The number of H-pyrrole nitrogens is 1. The Morgan fingerprint density at radius 3 is 2.30 bits per heavy atom. The number of aromatic amines is 1. The van der Waals surface area contributed by atoms with Crippen molar-refractivity contribution < 1.29 is 37.4 Å². The quantitative estimate of drug-likeness (QED) is 0.274. The highest BCUT2D eigenvalue weighted by atomic mass is 19.4. The van der Waals surface area contributed by atoms with Crippen LogP contribution in [0.15, 0.2) is 66.7 Å². The molecule has 4 aromatic rings. The molecule has 226 valence electrons. The smallest absolute Gasteiger partial charge is 0.475 e. The molecule has 0 unspecified atom stereocenters. The molecule has 0 saturated heterocycles. The highest BCUT2D eigenvalue weighted by molar-refractivity contribution is 6.05. The van der Waals surface area contributed by atoms with Crippen molar-refractivity contribution in [3.63, 3.8) is 0 Å². The standard InChI is InChI=1S/C27H28N6O3.C2HF3O2/c1-31(2)15-6-9-23(34)32-16-14-22-21(17-32)29-27-24(26(28)35)25(30-33(22)27)18-10-12-20(13-11-18)36-19-7-4-3-5-8-19;3-2(4,5)1(6)7/h3-13,30H,14-17H2,1-2H3,(H2,28,35);(H,6,7). The molecule has 1 aliphatic heterocycles. The van der Waals surface area contributed by atoms with Gasteiger partial charge in [-0.05, 0) is 50.5 Å². The maximum Gasteiger partial charge on any atom is 0.490 e. The summed E-state index contributed by atoms with van der Waals surface area (Å²) in [7, 11) is 3.90. The van der Waals surface area contributed by atoms with E-state index in [9.17, 15) is 22.8 Å². The lowest BCUT2D eigenvalue weighted by Crippen LogP contribution is -2.35. The van der Waals surface area contributed by atoms with Crippen LogP contribution < -0.4 is 10.5 Å². The van der Waals surface area contributed by atoms with E-state index in [0.29, 0.717) is 48.7 Å². The third-order valence-corrected chi connectivity index (χ3v) is 6.37. The van der Waals surface area contributed by atoms with Gasteiger partial charge in [-0.2, -0.15) is 13.2 Å². The monoisotopic (exact) mass is 598 g/mol. The summed E-state index contributed by atoms with van der Waals surface area (Å²) in [4.78, 5) is 42.4. The molecular formula is C29H29F3N6O5. The largest absolute Gasteiger partial charge is 0.490 e. The first-order valence-electron chi connectivity index (χ1n) is 13.0. The number of aliphatic carboxylic acids is 1. The number of hydrogen-bond donors (Lipinski definition) is 3. The van der Waals surface area contributed by atoms with Gasteiger partial charge in [0.2, 0.25) is 5.91 Å². The zero-order valence-corrected chi connectivity index (χ0v) is 23.3. The highest BCUT2D eigenvalue weighted by Gasteiger charge is 2.38. The molecule has 0 bridgehead atoms. The van der Waals surface area contributed by atoms with Crippen LogP contribution in [-0.4, -0.2) is 80.6 Å². The molecular weight excluding hydrogens is 569 g/mol. The number of hydrogen-bond acceptors (Lipinski definition) is 6. The summed E-state index contributed by atoms with van der Waals surface area (Å²) in [5, 5.41) is 10.4. The fourth-order valence-corrected chi connectivity index (χ4v) is 4.36. The highest BCUT2D eigenvalue weighted by Crippen LogP contribution is 2.31. The number of alkyl halides is 3. The van der Waals surface area contributed by atoms with E-state index in [1.54, 1.807) is 11.0 Å². The van der Waals surface area contributed by atoms with Gasteiger partial charge in [0.25, 0.3) is 5.91 Å². The number of para-hydroxylation sites is 1. The van der Waals surface area contributed by atoms with E-state index in [0.717, 1.165) is 22.7 Å². The van der Waals surface area contributed by atoms with Gasteiger partial charge in [0.15, 0.2) is 5.65 Å². The second-order valence-corrected chi connectivity index (χ2v) is 9.81. The van der Waals surface area contributed by atoms with Crippen molar-refractivity contribution in [3.8, 4) is 22.8 Å². The summed E-state index contributed by atoms with van der Waals surface area (Å²) < 4.78 is 39.4. The number of benzene rings is 2. The molecule has 14 heteroatoms. The Bertz CT molecular complexity index is 1640. The number of ether oxygens (including phenoxy) is 1. The number of amides is 2. The molecule has 0 fully saturated rings. The van der Waals surface area contributed by atoms with Crippen LogP contribution in [0, 0.1) is 0 Å². The molecule has 3 heterocycles. The van der Waals surface area contributed by atoms with Crippen molar-refractivity contribution in [1.29, 1.82) is 0 Å². The third kappa shape index (κ3) is 7.40. The zero-order chi connectivity index (χ0) is 31.3. The van der Waals surface area contributed by atoms with E-state index in [4.69, 9.17) is 25.4 Å². The minimum Gasteiger partial charge on any atom is -0.475 e. The number of aromatic nitrogens is 3. The van der Waals surface area contributed by atoms with E-state index in [1.807, 2.05) is 84.2 Å². The zero-order valence-electron chi connectivity index (χ0n) is 23.3. The van der Waals surface area contributed by atoms with Gasteiger partial charge < -0.3 is 25.4 Å². The number of rotatable bonds is 7. The van der Waals surface area contributed by atoms with Crippen molar-refractivity contribution in [2.24, 2.45) is 5.73 Å². The van der Waals surface area contributed by atoms with Crippen LogP contribution in [0.5, 0.6) is 11.5 Å². The minimum absolute atomic E-state index is 0.0483. The third-order valence-electron chi connectivity index (χ3n) is 6.37. The van der Waals surface area contributed by atoms with E-state index in [-0.39, 0.29) is 5.91 Å². The second-order valence-electron chi connectivity index (χ2n) is 9.81. The van der Waals surface area contributed by atoms with Crippen molar-refractivity contribution in [2.45, 2.75) is 19.1 Å². The number of nitrogens with zero attached hydrogens (tertiary/aromatic N) is 4. The molecule has 43 heavy (non-hydrogen) atoms. The lowest BCUT2D eigenvalue weighted by molar-refractivity contribution is -0.192. The number of fused-ring (bicyclic) bond motifs is 3. The van der Waals surface area contributed by atoms with Crippen molar-refractivity contribution in [2.75, 3.05) is 27.2 Å². The number of carbonyl (C=O) groups excluding carboxylic acids is 2. The second kappa shape index (κ2) is 12.8. The fourth-order valence-electron chi connectivity index (χ4n) is 4.36. The van der Waals surface area contributed by atoms with Gasteiger partial charge in [-0.3, -0.25) is 14.7 Å². The SMILES string of the molecule is CN(C)CC=CC(=O)N1CCc2c(nc3c(C(N)=O)c(-c4ccc(Oc5ccccc5)cc4)[nH]n23)C1.O=C(O)C(F)(F)F. The van der Waals surface area contributed by atoms with Crippen LogP contribution in [-0.2, 0) is 22.6 Å². The van der Waals surface area contributed by atoms with Crippen LogP contribution in [0.25, 0.3) is 16.9 Å². The molecule has 0 radical (unpaired) electrons. The topological polar surface area (TPSA) is 146 Å². The van der Waals surface area contributed by atoms with Gasteiger partial charge in [-0.15, -0.1) is 0 Å². The van der Waals surface area contributed by atoms with Crippen LogP contribution in [0.3, 0.4) is 0 Å². The molecule has 0 spiro atoms. The molecule has 11 nitrogen and oxygen atoms in total. The molecule has 2 aromatic heterocycles. The Morgan fingerprint density at radius 2 is 1.72 bits per heavy atom. The molecule has 5 rings (SSSR count). The number of carbonyl (C=O) groups is 3. The Morgan fingerprint density at radius 1 is 1.09 bits per heavy atom. The molecule has 1 aliphatic rings. The van der Waals surface area contributed by atoms with Crippen LogP contribution in [0.1, 0.15) is 21.7 Å². The van der Waals surface area contributed by atoms with Gasteiger partial charge in [0.05, 0.1) is 23.6 Å². The number of carboxylic acids is 1. The van der Waals surface area contributed by atoms with Crippen molar-refractivity contribution in [1.82, 2.24) is 24.4 Å². The molecule has 0 atom stereocenters. The Labute approximate surface area is 243 Å². The predicted octanol–water partition coefficient (Wildman–Crippen LogP) is 3.86. The number of nitrogens with one attached hydrogen (secondary N) is 1. The van der Waals surface area contributed by atoms with Gasteiger partial charge >= 0.3 is 12.1 Å². The van der Waals surface area contributed by atoms with Gasteiger partial charge in [0, 0.05) is 31.1 Å². The summed E-state index contributed by atoms with van der Waals surface area (Å²) in [6.07, 6.45) is -1.01.